The van der Waals surface area contributed by atoms with Gasteiger partial charge in [0.15, 0.2) is 0 Å². The van der Waals surface area contributed by atoms with Crippen LogP contribution in [-0.2, 0) is 11.3 Å². The van der Waals surface area contributed by atoms with Gasteiger partial charge in [0.2, 0.25) is 5.91 Å². The van der Waals surface area contributed by atoms with Crippen molar-refractivity contribution < 1.29 is 4.79 Å². The lowest BCUT2D eigenvalue weighted by molar-refractivity contribution is -0.136. The van der Waals surface area contributed by atoms with Gasteiger partial charge in [0, 0.05) is 19.6 Å². The van der Waals surface area contributed by atoms with Crippen LogP contribution in [0.4, 0.5) is 0 Å². The quantitative estimate of drug-likeness (QED) is 0.926. The molecule has 4 heteroatoms. The number of carbonyl (C=O) groups is 1. The Balaban J connectivity index is 0.00000200. The van der Waals surface area contributed by atoms with E-state index < -0.39 is 0 Å². The number of carbonyl (C=O) groups excluding carboxylic acids is 1. The van der Waals surface area contributed by atoms with Gasteiger partial charge in [-0.2, -0.15) is 0 Å². The Kier molecular flexibility index (Phi) is 7.03. The zero-order valence-electron chi connectivity index (χ0n) is 12.4. The smallest absolute Gasteiger partial charge is 0.227 e. The Morgan fingerprint density at radius 2 is 2.15 bits per heavy atom. The summed E-state index contributed by atoms with van der Waals surface area (Å²) in [5.74, 6) is 0.468. The third-order valence-corrected chi connectivity index (χ3v) is 3.96. The Labute approximate surface area is 128 Å². The van der Waals surface area contributed by atoms with Crippen LogP contribution in [0, 0.1) is 12.8 Å². The molecule has 0 bridgehead atoms. The third-order valence-electron chi connectivity index (χ3n) is 3.96. The predicted octanol–water partition coefficient (Wildman–Crippen LogP) is 2.76. The maximum absolute atomic E-state index is 12.5. The summed E-state index contributed by atoms with van der Waals surface area (Å²) in [5, 5.41) is 3.32. The van der Waals surface area contributed by atoms with Gasteiger partial charge in [-0.3, -0.25) is 4.79 Å². The minimum absolute atomic E-state index is 0. The Morgan fingerprint density at radius 1 is 1.40 bits per heavy atom. The molecule has 0 spiro atoms. The molecule has 3 nitrogen and oxygen atoms in total. The van der Waals surface area contributed by atoms with Gasteiger partial charge in [0.25, 0.3) is 0 Å². The van der Waals surface area contributed by atoms with E-state index in [-0.39, 0.29) is 18.3 Å². The summed E-state index contributed by atoms with van der Waals surface area (Å²) in [4.78, 5) is 14.5. The molecule has 20 heavy (non-hydrogen) atoms. The molecule has 1 aromatic rings. The van der Waals surface area contributed by atoms with Gasteiger partial charge in [-0.1, -0.05) is 24.3 Å². The summed E-state index contributed by atoms with van der Waals surface area (Å²) in [6, 6.07) is 8.31. The Morgan fingerprint density at radius 3 is 2.75 bits per heavy atom. The molecule has 0 unspecified atom stereocenters. The summed E-state index contributed by atoms with van der Waals surface area (Å²) in [7, 11) is 0. The number of amides is 1. The van der Waals surface area contributed by atoms with Crippen molar-refractivity contribution in [2.45, 2.75) is 33.2 Å². The van der Waals surface area contributed by atoms with E-state index in [1.165, 1.54) is 11.1 Å². The zero-order chi connectivity index (χ0) is 13.7. The van der Waals surface area contributed by atoms with E-state index >= 15 is 0 Å². The molecule has 1 aliphatic heterocycles. The van der Waals surface area contributed by atoms with E-state index in [0.717, 1.165) is 39.0 Å². The maximum atomic E-state index is 12.5. The van der Waals surface area contributed by atoms with Crippen molar-refractivity contribution in [2.24, 2.45) is 5.92 Å². The van der Waals surface area contributed by atoms with Crippen LogP contribution in [0.5, 0.6) is 0 Å². The molecule has 1 saturated heterocycles. The highest BCUT2D eigenvalue weighted by Gasteiger charge is 2.25. The van der Waals surface area contributed by atoms with Crippen LogP contribution in [0.3, 0.4) is 0 Å². The van der Waals surface area contributed by atoms with Gasteiger partial charge in [-0.05, 0) is 44.4 Å². The molecule has 0 radical (unpaired) electrons. The number of aryl methyl sites for hydroxylation is 1. The van der Waals surface area contributed by atoms with Crippen molar-refractivity contribution in [1.82, 2.24) is 10.2 Å². The highest BCUT2D eigenvalue weighted by atomic mass is 35.5. The lowest BCUT2D eigenvalue weighted by Gasteiger charge is -2.29. The second-order valence-electron chi connectivity index (χ2n) is 5.32. The van der Waals surface area contributed by atoms with Crippen molar-refractivity contribution in [2.75, 3.05) is 19.6 Å². The standard InChI is InChI=1S/C16H24N2O.ClH/c1-3-18(12-15-8-5-4-7-13(15)2)16(19)14-9-6-10-17-11-14;/h4-5,7-8,14,17H,3,6,9-12H2,1-2H3;1H/t14-;/m1./s1. The predicted molar refractivity (Wildman–Crippen MR) is 85.1 cm³/mol. The number of halogens is 1. The van der Waals surface area contributed by atoms with Crippen LogP contribution in [0.15, 0.2) is 24.3 Å². The monoisotopic (exact) mass is 296 g/mol. The van der Waals surface area contributed by atoms with Crippen LogP contribution >= 0.6 is 12.4 Å². The fraction of sp³-hybridized carbons (Fsp3) is 0.562. The Bertz CT molecular complexity index is 430. The van der Waals surface area contributed by atoms with Crippen molar-refractivity contribution >= 4 is 18.3 Å². The van der Waals surface area contributed by atoms with Crippen molar-refractivity contribution in [3.63, 3.8) is 0 Å². The summed E-state index contributed by atoms with van der Waals surface area (Å²) < 4.78 is 0. The highest BCUT2D eigenvalue weighted by molar-refractivity contribution is 5.85. The van der Waals surface area contributed by atoms with Gasteiger partial charge in [0.1, 0.15) is 0 Å². The topological polar surface area (TPSA) is 32.3 Å². The highest BCUT2D eigenvalue weighted by Crippen LogP contribution is 2.17. The molecule has 1 heterocycles. The molecule has 1 atom stereocenters. The average Bonchev–Trinajstić information content (AvgIpc) is 2.47. The van der Waals surface area contributed by atoms with E-state index in [1.807, 2.05) is 17.0 Å². The number of rotatable bonds is 4. The van der Waals surface area contributed by atoms with Gasteiger partial charge < -0.3 is 10.2 Å². The summed E-state index contributed by atoms with van der Waals surface area (Å²) >= 11 is 0. The molecule has 0 saturated carbocycles. The van der Waals surface area contributed by atoms with Crippen LogP contribution in [-0.4, -0.2) is 30.4 Å². The first-order valence-corrected chi connectivity index (χ1v) is 7.26. The molecule has 1 amide bonds. The molecule has 2 rings (SSSR count). The first-order valence-electron chi connectivity index (χ1n) is 7.26. The van der Waals surface area contributed by atoms with Gasteiger partial charge in [-0.15, -0.1) is 12.4 Å². The number of hydrogen-bond donors (Lipinski definition) is 1. The molecule has 1 aromatic carbocycles. The van der Waals surface area contributed by atoms with Crippen molar-refractivity contribution in [3.05, 3.63) is 35.4 Å². The van der Waals surface area contributed by atoms with Crippen molar-refractivity contribution in [3.8, 4) is 0 Å². The van der Waals surface area contributed by atoms with Crippen LogP contribution < -0.4 is 5.32 Å². The lowest BCUT2D eigenvalue weighted by Crippen LogP contribution is -2.42. The van der Waals surface area contributed by atoms with E-state index in [9.17, 15) is 4.79 Å². The normalized spacial score (nSPS) is 18.2. The first-order chi connectivity index (χ1) is 9.22. The molecule has 1 N–H and O–H groups in total. The molecule has 0 aliphatic carbocycles. The largest absolute Gasteiger partial charge is 0.338 e. The second kappa shape index (κ2) is 8.28. The molecule has 0 aromatic heterocycles. The SMILES string of the molecule is CCN(Cc1ccccc1C)C(=O)[C@@H]1CCCNC1.Cl. The van der Waals surface area contributed by atoms with Crippen LogP contribution in [0.1, 0.15) is 30.9 Å². The van der Waals surface area contributed by atoms with Crippen LogP contribution in [0.25, 0.3) is 0 Å². The fourth-order valence-electron chi connectivity index (χ4n) is 2.66. The van der Waals surface area contributed by atoms with Gasteiger partial charge in [-0.25, -0.2) is 0 Å². The number of nitrogens with zero attached hydrogens (tertiary/aromatic N) is 1. The molecule has 1 fully saturated rings. The van der Waals surface area contributed by atoms with Crippen molar-refractivity contribution in [1.29, 1.82) is 0 Å². The summed E-state index contributed by atoms with van der Waals surface area (Å²) in [5.41, 5.74) is 2.51. The van der Waals surface area contributed by atoms with Crippen LogP contribution in [0.2, 0.25) is 0 Å². The molecular weight excluding hydrogens is 272 g/mol. The number of hydrogen-bond acceptors (Lipinski definition) is 2. The fourth-order valence-corrected chi connectivity index (χ4v) is 2.66. The minimum Gasteiger partial charge on any atom is -0.338 e. The molecule has 112 valence electrons. The second-order valence-corrected chi connectivity index (χ2v) is 5.32. The van der Waals surface area contributed by atoms with E-state index in [2.05, 4.69) is 31.3 Å². The third kappa shape index (κ3) is 4.22. The van der Waals surface area contributed by atoms with E-state index in [1.54, 1.807) is 0 Å². The van der Waals surface area contributed by atoms with E-state index in [0.29, 0.717) is 5.91 Å². The maximum Gasteiger partial charge on any atom is 0.227 e. The average molecular weight is 297 g/mol. The number of nitrogens with one attached hydrogen (secondary N) is 1. The van der Waals surface area contributed by atoms with E-state index in [4.69, 9.17) is 0 Å². The zero-order valence-corrected chi connectivity index (χ0v) is 13.2. The number of piperidine rings is 1. The van der Waals surface area contributed by atoms with Gasteiger partial charge >= 0.3 is 0 Å². The molecule has 1 aliphatic rings. The van der Waals surface area contributed by atoms with Gasteiger partial charge in [0.05, 0.1) is 5.92 Å². The Hall–Kier alpha value is -1.06. The minimum atomic E-state index is 0. The lowest BCUT2D eigenvalue weighted by atomic mass is 9.97. The summed E-state index contributed by atoms with van der Waals surface area (Å²) in [6.45, 7) is 7.57. The molecular formula is C16H25ClN2O. The number of benzene rings is 1. The first kappa shape index (κ1) is 17.0. The summed E-state index contributed by atoms with van der Waals surface area (Å²) in [6.07, 6.45) is 2.13.